The van der Waals surface area contributed by atoms with E-state index in [9.17, 15) is 0 Å². The van der Waals surface area contributed by atoms with Gasteiger partial charge in [0.1, 0.15) is 0 Å². The van der Waals surface area contributed by atoms with E-state index in [4.69, 9.17) is 5.11 Å². The quantitative estimate of drug-likeness (QED) is 0.680. The summed E-state index contributed by atoms with van der Waals surface area (Å²) in [6.45, 7) is -0.0387. The molecule has 2 heterocycles. The van der Waals surface area contributed by atoms with Crippen LogP contribution in [0.3, 0.4) is 0 Å². The zero-order valence-corrected chi connectivity index (χ0v) is 6.44. The number of nitrogens with zero attached hydrogens (tertiary/aromatic N) is 2. The van der Waals surface area contributed by atoms with Crippen LogP contribution in [0, 0.1) is 0 Å². The molecule has 2 aromatic heterocycles. The number of rotatable bonds is 1. The summed E-state index contributed by atoms with van der Waals surface area (Å²) < 4.78 is 0. The number of aromatic nitrogens is 2. The highest BCUT2D eigenvalue weighted by Crippen LogP contribution is 2.12. The van der Waals surface area contributed by atoms with Gasteiger partial charge in [0.15, 0.2) is 0 Å². The maximum Gasteiger partial charge on any atom is 0.0859 e. The van der Waals surface area contributed by atoms with Crippen molar-refractivity contribution in [3.8, 4) is 0 Å². The average Bonchev–Trinajstić information content (AvgIpc) is 2.17. The van der Waals surface area contributed by atoms with E-state index in [1.165, 1.54) is 0 Å². The van der Waals surface area contributed by atoms with Crippen LogP contribution in [0.15, 0.2) is 30.6 Å². The van der Waals surface area contributed by atoms with Crippen LogP contribution in [-0.4, -0.2) is 15.1 Å². The second kappa shape index (κ2) is 2.87. The number of pyridine rings is 2. The van der Waals surface area contributed by atoms with E-state index in [-0.39, 0.29) is 6.61 Å². The lowest BCUT2D eigenvalue weighted by molar-refractivity contribution is 0.278. The first-order chi connectivity index (χ1) is 5.92. The molecule has 0 spiro atoms. The van der Waals surface area contributed by atoms with Gasteiger partial charge in [-0.2, -0.15) is 0 Å². The van der Waals surface area contributed by atoms with Gasteiger partial charge in [0.05, 0.1) is 17.8 Å². The topological polar surface area (TPSA) is 46.0 Å². The molecule has 0 aliphatic heterocycles. The standard InChI is InChI=1S/C9H8N2O/c12-6-9-7-2-1-4-10-8(7)3-5-11-9/h1-5,12H,6H2. The molecule has 0 radical (unpaired) electrons. The highest BCUT2D eigenvalue weighted by atomic mass is 16.3. The van der Waals surface area contributed by atoms with Gasteiger partial charge in [-0.1, -0.05) is 0 Å². The van der Waals surface area contributed by atoms with Gasteiger partial charge in [-0.15, -0.1) is 0 Å². The van der Waals surface area contributed by atoms with Crippen LogP contribution in [-0.2, 0) is 6.61 Å². The molecular weight excluding hydrogens is 152 g/mol. The van der Waals surface area contributed by atoms with Gasteiger partial charge in [-0.25, -0.2) is 0 Å². The van der Waals surface area contributed by atoms with Gasteiger partial charge < -0.3 is 5.11 Å². The molecule has 2 aromatic rings. The van der Waals surface area contributed by atoms with Crippen molar-refractivity contribution >= 4 is 10.9 Å². The third kappa shape index (κ3) is 1.04. The van der Waals surface area contributed by atoms with Crippen molar-refractivity contribution in [2.45, 2.75) is 6.61 Å². The molecule has 2 rings (SSSR count). The first kappa shape index (κ1) is 7.18. The molecule has 0 aromatic carbocycles. The number of aliphatic hydroxyl groups excluding tert-OH is 1. The third-order valence-electron chi connectivity index (χ3n) is 1.76. The predicted molar refractivity (Wildman–Crippen MR) is 45.5 cm³/mol. The van der Waals surface area contributed by atoms with Gasteiger partial charge in [-0.3, -0.25) is 9.97 Å². The smallest absolute Gasteiger partial charge is 0.0859 e. The molecule has 12 heavy (non-hydrogen) atoms. The second-order valence-electron chi connectivity index (χ2n) is 2.49. The van der Waals surface area contributed by atoms with Crippen molar-refractivity contribution in [1.82, 2.24) is 9.97 Å². The lowest BCUT2D eigenvalue weighted by atomic mass is 10.2. The summed E-state index contributed by atoms with van der Waals surface area (Å²) in [5, 5.41) is 9.86. The molecule has 60 valence electrons. The SMILES string of the molecule is OCc1nccc2ncccc12. The Morgan fingerprint density at radius 3 is 2.92 bits per heavy atom. The molecule has 3 nitrogen and oxygen atoms in total. The number of aliphatic hydroxyl groups is 1. The van der Waals surface area contributed by atoms with Gasteiger partial charge in [0, 0.05) is 17.8 Å². The molecule has 0 atom stereocenters. The molecule has 3 heteroatoms. The van der Waals surface area contributed by atoms with Gasteiger partial charge in [0.2, 0.25) is 0 Å². The van der Waals surface area contributed by atoms with E-state index in [1.807, 2.05) is 18.2 Å². The number of fused-ring (bicyclic) bond motifs is 1. The average molecular weight is 160 g/mol. The van der Waals surface area contributed by atoms with Crippen molar-refractivity contribution in [1.29, 1.82) is 0 Å². The second-order valence-corrected chi connectivity index (χ2v) is 2.49. The Morgan fingerprint density at radius 1 is 1.17 bits per heavy atom. The van der Waals surface area contributed by atoms with Crippen LogP contribution in [0.4, 0.5) is 0 Å². The first-order valence-corrected chi connectivity index (χ1v) is 3.71. The summed E-state index contributed by atoms with van der Waals surface area (Å²) in [7, 11) is 0. The first-order valence-electron chi connectivity index (χ1n) is 3.71. The summed E-state index contributed by atoms with van der Waals surface area (Å²) in [4.78, 5) is 8.17. The van der Waals surface area contributed by atoms with Crippen molar-refractivity contribution in [3.05, 3.63) is 36.3 Å². The lowest BCUT2D eigenvalue weighted by Crippen LogP contribution is -1.90. The molecule has 0 saturated carbocycles. The molecule has 0 aliphatic rings. The predicted octanol–water partition coefficient (Wildman–Crippen LogP) is 1.12. The summed E-state index contributed by atoms with van der Waals surface area (Å²) in [6.07, 6.45) is 3.38. The molecule has 0 bridgehead atoms. The zero-order chi connectivity index (χ0) is 8.39. The largest absolute Gasteiger partial charge is 0.390 e. The summed E-state index contributed by atoms with van der Waals surface area (Å²) >= 11 is 0. The molecule has 0 unspecified atom stereocenters. The minimum Gasteiger partial charge on any atom is -0.390 e. The Morgan fingerprint density at radius 2 is 2.08 bits per heavy atom. The molecular formula is C9H8N2O. The summed E-state index contributed by atoms with van der Waals surface area (Å²) in [5.74, 6) is 0. The Bertz CT molecular complexity index is 395. The van der Waals surface area contributed by atoms with E-state index < -0.39 is 0 Å². The van der Waals surface area contributed by atoms with Crippen LogP contribution >= 0.6 is 0 Å². The van der Waals surface area contributed by atoms with Crippen molar-refractivity contribution < 1.29 is 5.11 Å². The number of hydrogen-bond donors (Lipinski definition) is 1. The van der Waals surface area contributed by atoms with Gasteiger partial charge >= 0.3 is 0 Å². The number of hydrogen-bond acceptors (Lipinski definition) is 3. The summed E-state index contributed by atoms with van der Waals surface area (Å²) in [5.41, 5.74) is 1.55. The van der Waals surface area contributed by atoms with Crippen LogP contribution in [0.25, 0.3) is 10.9 Å². The van der Waals surface area contributed by atoms with Gasteiger partial charge in [-0.05, 0) is 18.2 Å². The third-order valence-corrected chi connectivity index (χ3v) is 1.76. The maximum atomic E-state index is 8.95. The maximum absolute atomic E-state index is 8.95. The minimum atomic E-state index is -0.0387. The highest BCUT2D eigenvalue weighted by molar-refractivity contribution is 5.80. The van der Waals surface area contributed by atoms with E-state index in [1.54, 1.807) is 12.4 Å². The minimum absolute atomic E-state index is 0.0387. The Kier molecular flexibility index (Phi) is 1.72. The zero-order valence-electron chi connectivity index (χ0n) is 6.44. The summed E-state index contributed by atoms with van der Waals surface area (Å²) in [6, 6.07) is 5.57. The lowest BCUT2D eigenvalue weighted by Gasteiger charge is -1.99. The molecule has 0 aliphatic carbocycles. The van der Waals surface area contributed by atoms with Crippen molar-refractivity contribution in [2.24, 2.45) is 0 Å². The fourth-order valence-corrected chi connectivity index (χ4v) is 1.19. The monoisotopic (exact) mass is 160 g/mol. The van der Waals surface area contributed by atoms with Crippen LogP contribution in [0.2, 0.25) is 0 Å². The fourth-order valence-electron chi connectivity index (χ4n) is 1.19. The van der Waals surface area contributed by atoms with Crippen molar-refractivity contribution in [2.75, 3.05) is 0 Å². The molecule has 0 saturated heterocycles. The van der Waals surface area contributed by atoms with E-state index in [2.05, 4.69) is 9.97 Å². The Hall–Kier alpha value is -1.48. The van der Waals surface area contributed by atoms with Crippen LogP contribution in [0.1, 0.15) is 5.69 Å². The molecule has 1 N–H and O–H groups in total. The van der Waals surface area contributed by atoms with Gasteiger partial charge in [0.25, 0.3) is 0 Å². The van der Waals surface area contributed by atoms with E-state index in [0.29, 0.717) is 5.69 Å². The molecule has 0 fully saturated rings. The normalized spacial score (nSPS) is 10.4. The highest BCUT2D eigenvalue weighted by Gasteiger charge is 1.99. The Balaban J connectivity index is 2.79. The van der Waals surface area contributed by atoms with Crippen LogP contribution < -0.4 is 0 Å². The molecule has 0 amide bonds. The van der Waals surface area contributed by atoms with E-state index >= 15 is 0 Å². The van der Waals surface area contributed by atoms with E-state index in [0.717, 1.165) is 10.9 Å². The fraction of sp³-hybridized carbons (Fsp3) is 0.111. The Labute approximate surface area is 69.7 Å². The van der Waals surface area contributed by atoms with Crippen molar-refractivity contribution in [3.63, 3.8) is 0 Å². The van der Waals surface area contributed by atoms with Crippen LogP contribution in [0.5, 0.6) is 0 Å².